The Morgan fingerprint density at radius 1 is 1.16 bits per heavy atom. The van der Waals surface area contributed by atoms with Gasteiger partial charge in [-0.2, -0.15) is 4.98 Å². The summed E-state index contributed by atoms with van der Waals surface area (Å²) in [5.74, 6) is -2.28. The molecule has 11 heteroatoms. The Morgan fingerprint density at radius 3 is 2.66 bits per heavy atom. The normalized spacial score (nSPS) is 22.8. The molecule has 2 aliphatic heterocycles. The van der Waals surface area contributed by atoms with Gasteiger partial charge in [0.1, 0.15) is 18.2 Å². The highest BCUT2D eigenvalue weighted by Gasteiger charge is 2.52. The first-order valence-electron chi connectivity index (χ1n) is 13.0. The topological polar surface area (TPSA) is 87.2 Å². The van der Waals surface area contributed by atoms with E-state index >= 15 is 0 Å². The van der Waals surface area contributed by atoms with E-state index in [-0.39, 0.29) is 38.3 Å². The van der Waals surface area contributed by atoms with Gasteiger partial charge in [0.25, 0.3) is 0 Å². The monoisotopic (exact) mass is 534 g/mol. The fraction of sp³-hybridized carbons (Fsp3) is 0.556. The van der Waals surface area contributed by atoms with Crippen LogP contribution < -0.4 is 15.0 Å². The summed E-state index contributed by atoms with van der Waals surface area (Å²) in [6, 6.07) is 6.04. The number of urea groups is 1. The van der Waals surface area contributed by atoms with E-state index < -0.39 is 23.2 Å². The molecule has 5 rings (SSSR count). The molecular weight excluding hydrogens is 501 g/mol. The maximum absolute atomic E-state index is 15.0. The third kappa shape index (κ3) is 5.68. The average Bonchev–Trinajstić information content (AvgIpc) is 3.45. The summed E-state index contributed by atoms with van der Waals surface area (Å²) in [7, 11) is 0. The van der Waals surface area contributed by atoms with Gasteiger partial charge in [-0.05, 0) is 60.1 Å². The lowest BCUT2D eigenvalue weighted by atomic mass is 9.85. The molecule has 3 aliphatic rings. The quantitative estimate of drug-likeness (QED) is 0.570. The largest absolute Gasteiger partial charge is 0.475 e. The van der Waals surface area contributed by atoms with Gasteiger partial charge in [0, 0.05) is 45.1 Å². The first kappa shape index (κ1) is 26.6. The van der Waals surface area contributed by atoms with Crippen molar-refractivity contribution in [2.24, 2.45) is 5.41 Å². The lowest BCUT2D eigenvalue weighted by molar-refractivity contribution is -0.00270. The van der Waals surface area contributed by atoms with Crippen molar-refractivity contribution in [3.05, 3.63) is 35.6 Å². The van der Waals surface area contributed by atoms with Crippen molar-refractivity contribution in [1.29, 1.82) is 0 Å². The summed E-state index contributed by atoms with van der Waals surface area (Å²) in [5, 5.41) is 11.9. The molecule has 1 unspecified atom stereocenters. The van der Waals surface area contributed by atoms with E-state index in [0.717, 1.165) is 5.56 Å². The molecule has 2 aromatic rings. The molecule has 3 fully saturated rings. The second-order valence-electron chi connectivity index (χ2n) is 10.5. The molecule has 0 radical (unpaired) electrons. The molecule has 8 nitrogen and oxygen atoms in total. The number of ether oxygens (including phenoxy) is 2. The maximum Gasteiger partial charge on any atom is 0.321 e. The minimum atomic E-state index is -2.69. The van der Waals surface area contributed by atoms with Crippen molar-refractivity contribution in [1.82, 2.24) is 9.88 Å². The van der Waals surface area contributed by atoms with Gasteiger partial charge >= 0.3 is 6.03 Å². The first-order valence-corrected chi connectivity index (χ1v) is 13.0. The van der Waals surface area contributed by atoms with Gasteiger partial charge in [-0.25, -0.2) is 18.0 Å². The number of aliphatic hydroxyl groups is 1. The summed E-state index contributed by atoms with van der Waals surface area (Å²) in [6.07, 6.45) is 0.554. The van der Waals surface area contributed by atoms with E-state index in [1.54, 1.807) is 19.1 Å². The number of aromatic nitrogens is 1. The number of rotatable bonds is 6. The number of alkyl halides is 2. The van der Waals surface area contributed by atoms with E-state index in [1.807, 2.05) is 6.07 Å². The minimum Gasteiger partial charge on any atom is -0.475 e. The highest BCUT2D eigenvalue weighted by molar-refractivity contribution is 5.91. The highest BCUT2D eigenvalue weighted by Crippen LogP contribution is 2.52. The van der Waals surface area contributed by atoms with Gasteiger partial charge in [0.2, 0.25) is 11.8 Å². The number of aryl methyl sites for hydroxylation is 1. The van der Waals surface area contributed by atoms with Gasteiger partial charge in [0.05, 0.1) is 25.5 Å². The SMILES string of the molecule is Cc1cc(F)c(NC(=O)N2CCC3(CCC(F)(F)C3)C2)cc1-c1cc(OCCO)nc(N2CCOCC2)c1. The number of carbonyl (C=O) groups excluding carboxylic acids is 1. The second kappa shape index (κ2) is 10.6. The summed E-state index contributed by atoms with van der Waals surface area (Å²) in [6.45, 7) is 4.74. The van der Waals surface area contributed by atoms with E-state index in [1.165, 1.54) is 11.0 Å². The molecule has 2 N–H and O–H groups in total. The lowest BCUT2D eigenvalue weighted by Gasteiger charge is -2.28. The number of benzene rings is 1. The fourth-order valence-corrected chi connectivity index (χ4v) is 5.73. The number of amides is 2. The molecular formula is C27H33F3N4O4. The van der Waals surface area contributed by atoms with Crippen LogP contribution in [0.25, 0.3) is 11.1 Å². The zero-order chi connectivity index (χ0) is 26.9. The van der Waals surface area contributed by atoms with Crippen LogP contribution in [0.3, 0.4) is 0 Å². The smallest absolute Gasteiger partial charge is 0.321 e. The van der Waals surface area contributed by atoms with Crippen LogP contribution in [0.1, 0.15) is 31.2 Å². The highest BCUT2D eigenvalue weighted by atomic mass is 19.3. The van der Waals surface area contributed by atoms with Gasteiger partial charge in [-0.1, -0.05) is 0 Å². The molecule has 38 heavy (non-hydrogen) atoms. The average molecular weight is 535 g/mol. The number of hydrogen-bond acceptors (Lipinski definition) is 6. The standard InChI is InChI=1S/C27H33F3N4O4/c1-18-12-21(28)22(31-25(36)34-5-4-26(17-34)2-3-27(29,30)16-26)15-20(18)19-13-23(33-6-9-37-10-7-33)32-24(14-19)38-11-8-35/h12-15,35H,2-11,16-17H2,1H3,(H,31,36). The number of nitrogens with one attached hydrogen (secondary N) is 1. The number of aliphatic hydroxyl groups excluding tert-OH is 1. The first-order chi connectivity index (χ1) is 18.2. The molecule has 1 aromatic heterocycles. The van der Waals surface area contributed by atoms with Crippen molar-refractivity contribution in [2.45, 2.75) is 38.5 Å². The van der Waals surface area contributed by atoms with Crippen molar-refractivity contribution in [3.8, 4) is 17.0 Å². The van der Waals surface area contributed by atoms with E-state index in [2.05, 4.69) is 15.2 Å². The van der Waals surface area contributed by atoms with Gasteiger partial charge in [-0.15, -0.1) is 0 Å². The number of nitrogens with zero attached hydrogens (tertiary/aromatic N) is 3. The summed E-state index contributed by atoms with van der Waals surface area (Å²) >= 11 is 0. The van der Waals surface area contributed by atoms with Crippen molar-refractivity contribution >= 4 is 17.5 Å². The Hall–Kier alpha value is -3.05. The van der Waals surface area contributed by atoms with Crippen LogP contribution in [-0.2, 0) is 4.74 Å². The molecule has 2 amide bonds. The zero-order valence-electron chi connectivity index (χ0n) is 21.4. The van der Waals surface area contributed by atoms with Crippen LogP contribution in [-0.4, -0.2) is 79.6 Å². The summed E-state index contributed by atoms with van der Waals surface area (Å²) in [5.41, 5.74) is 1.50. The lowest BCUT2D eigenvalue weighted by Crippen LogP contribution is -2.36. The molecule has 206 valence electrons. The third-order valence-electron chi connectivity index (χ3n) is 7.71. The van der Waals surface area contributed by atoms with Crippen LogP contribution in [0.4, 0.5) is 29.5 Å². The van der Waals surface area contributed by atoms with E-state index in [0.29, 0.717) is 68.5 Å². The number of anilines is 2. The number of hydrogen-bond donors (Lipinski definition) is 2. The van der Waals surface area contributed by atoms with Gasteiger partial charge in [0.15, 0.2) is 0 Å². The van der Waals surface area contributed by atoms with Crippen molar-refractivity contribution in [3.63, 3.8) is 0 Å². The Kier molecular flexibility index (Phi) is 7.41. The Labute approximate surface area is 219 Å². The minimum absolute atomic E-state index is 0.0101. The Balaban J connectivity index is 1.39. The molecule has 1 aliphatic carbocycles. The van der Waals surface area contributed by atoms with Gasteiger partial charge < -0.3 is 29.7 Å². The van der Waals surface area contributed by atoms with Crippen LogP contribution in [0, 0.1) is 18.2 Å². The number of morpholine rings is 1. The predicted molar refractivity (Wildman–Crippen MR) is 136 cm³/mol. The van der Waals surface area contributed by atoms with Crippen molar-refractivity contribution in [2.75, 3.05) is 62.8 Å². The number of pyridine rings is 1. The number of likely N-dealkylation sites (tertiary alicyclic amines) is 1. The van der Waals surface area contributed by atoms with Gasteiger partial charge in [-0.3, -0.25) is 0 Å². The molecule has 1 saturated carbocycles. The maximum atomic E-state index is 15.0. The van der Waals surface area contributed by atoms with Crippen LogP contribution in [0.5, 0.6) is 5.88 Å². The third-order valence-corrected chi connectivity index (χ3v) is 7.71. The van der Waals surface area contributed by atoms with Crippen molar-refractivity contribution < 1.29 is 32.5 Å². The molecule has 2 saturated heterocycles. The zero-order valence-corrected chi connectivity index (χ0v) is 21.4. The molecule has 0 bridgehead atoms. The fourth-order valence-electron chi connectivity index (χ4n) is 5.73. The molecule has 1 spiro atoms. The van der Waals surface area contributed by atoms with E-state index in [4.69, 9.17) is 9.47 Å². The summed E-state index contributed by atoms with van der Waals surface area (Å²) in [4.78, 5) is 21.2. The predicted octanol–water partition coefficient (Wildman–Crippen LogP) is 4.45. The van der Waals surface area contributed by atoms with Crippen LogP contribution in [0.2, 0.25) is 0 Å². The second-order valence-corrected chi connectivity index (χ2v) is 10.5. The van der Waals surface area contributed by atoms with Crippen LogP contribution in [0.15, 0.2) is 24.3 Å². The number of halogens is 3. The van der Waals surface area contributed by atoms with E-state index in [9.17, 15) is 23.1 Å². The molecule has 3 heterocycles. The molecule has 1 atom stereocenters. The Morgan fingerprint density at radius 2 is 1.95 bits per heavy atom. The summed E-state index contributed by atoms with van der Waals surface area (Å²) < 4.78 is 53.7. The number of carbonyl (C=O) groups is 1. The van der Waals surface area contributed by atoms with Crippen LogP contribution >= 0.6 is 0 Å². The molecule has 1 aromatic carbocycles. The Bertz CT molecular complexity index is 1190.